The van der Waals surface area contributed by atoms with Gasteiger partial charge in [0.2, 0.25) is 5.78 Å². The zero-order chi connectivity index (χ0) is 44.5. The van der Waals surface area contributed by atoms with E-state index in [-0.39, 0.29) is 0 Å². The standard InChI is InChI=1S/C40H31F9O11/c1-55-35(38(41,42)43,22-14-7-4-8-15-22)32(52)58-26-21-13-20-25-27(26)28(50)31(60-34(54)37(57-3,40(47,48)49)24-18-11-6-12-19-24)29(51)30(25)59-33(53)36(56-2,39(44,45)46)23-16-9-5-10-17-23/h4-21,29-31,51H,1-3H3/t29-,30-,31-,35+,36+,37+/m0/s1. The van der Waals surface area contributed by atoms with Crippen molar-refractivity contribution in [3.63, 3.8) is 0 Å². The van der Waals surface area contributed by atoms with Gasteiger partial charge in [0.15, 0.2) is 12.2 Å². The number of hydrogen-bond acceptors (Lipinski definition) is 11. The van der Waals surface area contributed by atoms with Gasteiger partial charge < -0.3 is 33.5 Å². The summed E-state index contributed by atoms with van der Waals surface area (Å²) < 4.78 is 163. The van der Waals surface area contributed by atoms with Crippen LogP contribution in [0.3, 0.4) is 0 Å². The van der Waals surface area contributed by atoms with E-state index in [0.29, 0.717) is 27.4 Å². The Labute approximate surface area is 333 Å². The molecule has 0 bridgehead atoms. The van der Waals surface area contributed by atoms with Crippen LogP contribution < -0.4 is 4.74 Å². The van der Waals surface area contributed by atoms with Gasteiger partial charge >= 0.3 is 36.4 Å². The number of aliphatic hydroxyl groups excluding tert-OH is 1. The Balaban J connectivity index is 1.71. The summed E-state index contributed by atoms with van der Waals surface area (Å²) in [6.07, 6.45) is -25.4. The maximum Gasteiger partial charge on any atom is 0.432 e. The SMILES string of the molecule is CO[C@@](C(=O)Oc1cccc2c1C(=O)[C@H](OC(=O)[C@](OC)(c1ccccc1)C(F)(F)F)[C@@H](O)[C@H]2OC(=O)[C@](OC)(c1ccccc1)C(F)(F)F)(c1ccccc1)C(F)(F)F. The number of esters is 3. The molecular weight excluding hydrogens is 827 g/mol. The molecule has 320 valence electrons. The smallest absolute Gasteiger partial charge is 0.432 e. The third kappa shape index (κ3) is 7.37. The van der Waals surface area contributed by atoms with Crippen LogP contribution in [0.5, 0.6) is 5.75 Å². The Bertz CT molecular complexity index is 2200. The summed E-state index contributed by atoms with van der Waals surface area (Å²) in [6.45, 7) is 0. The van der Waals surface area contributed by atoms with Crippen molar-refractivity contribution in [1.82, 2.24) is 0 Å². The highest BCUT2D eigenvalue weighted by Crippen LogP contribution is 2.49. The van der Waals surface area contributed by atoms with Gasteiger partial charge in [-0.1, -0.05) is 103 Å². The average molecular weight is 859 g/mol. The number of aliphatic hydroxyl groups is 1. The zero-order valence-corrected chi connectivity index (χ0v) is 31.1. The number of halogens is 9. The Morgan fingerprint density at radius 2 is 0.850 bits per heavy atom. The lowest BCUT2D eigenvalue weighted by Crippen LogP contribution is -2.57. The van der Waals surface area contributed by atoms with Crippen molar-refractivity contribution in [2.45, 2.75) is 53.6 Å². The second-order valence-electron chi connectivity index (χ2n) is 12.9. The zero-order valence-electron chi connectivity index (χ0n) is 31.1. The number of alkyl halides is 9. The van der Waals surface area contributed by atoms with Crippen molar-refractivity contribution >= 4 is 23.7 Å². The first-order chi connectivity index (χ1) is 28.1. The van der Waals surface area contributed by atoms with Crippen LogP contribution in [0.4, 0.5) is 39.5 Å². The molecule has 20 heteroatoms. The van der Waals surface area contributed by atoms with E-state index < -0.39 is 111 Å². The van der Waals surface area contributed by atoms with Gasteiger partial charge in [-0.2, -0.15) is 39.5 Å². The molecule has 60 heavy (non-hydrogen) atoms. The van der Waals surface area contributed by atoms with Crippen LogP contribution in [0.15, 0.2) is 109 Å². The van der Waals surface area contributed by atoms with Crippen molar-refractivity contribution in [2.75, 3.05) is 21.3 Å². The van der Waals surface area contributed by atoms with Crippen LogP contribution in [0.25, 0.3) is 0 Å². The van der Waals surface area contributed by atoms with Crippen LogP contribution in [-0.2, 0) is 54.9 Å². The number of benzene rings is 4. The van der Waals surface area contributed by atoms with E-state index in [1.807, 2.05) is 0 Å². The monoisotopic (exact) mass is 858 g/mol. The Hall–Kier alpha value is -5.83. The van der Waals surface area contributed by atoms with Crippen LogP contribution in [0.2, 0.25) is 0 Å². The minimum Gasteiger partial charge on any atom is -0.452 e. The Morgan fingerprint density at radius 3 is 1.20 bits per heavy atom. The lowest BCUT2D eigenvalue weighted by Gasteiger charge is -2.39. The summed E-state index contributed by atoms with van der Waals surface area (Å²) in [5, 5.41) is 11.6. The first-order valence-corrected chi connectivity index (χ1v) is 17.1. The summed E-state index contributed by atoms with van der Waals surface area (Å²) >= 11 is 0. The average Bonchev–Trinajstić information content (AvgIpc) is 3.19. The molecule has 1 aliphatic rings. The van der Waals surface area contributed by atoms with Gasteiger partial charge in [0.05, 0.1) is 5.56 Å². The molecular formula is C40H31F9O11. The van der Waals surface area contributed by atoms with Crippen LogP contribution in [0.1, 0.15) is 38.7 Å². The van der Waals surface area contributed by atoms with Crippen molar-refractivity contribution < 1.29 is 92.2 Å². The Kier molecular flexibility index (Phi) is 12.6. The maximum atomic E-state index is 14.9. The molecule has 4 aromatic carbocycles. The van der Waals surface area contributed by atoms with Gasteiger partial charge in [0, 0.05) is 43.6 Å². The highest BCUT2D eigenvalue weighted by molar-refractivity contribution is 6.07. The summed E-state index contributed by atoms with van der Waals surface area (Å²) in [6, 6.07) is 17.6. The molecule has 6 atom stereocenters. The second-order valence-corrected chi connectivity index (χ2v) is 12.9. The van der Waals surface area contributed by atoms with Crippen LogP contribution >= 0.6 is 0 Å². The molecule has 0 spiro atoms. The van der Waals surface area contributed by atoms with E-state index >= 15 is 0 Å². The lowest BCUT2D eigenvalue weighted by molar-refractivity contribution is -0.282. The predicted molar refractivity (Wildman–Crippen MR) is 185 cm³/mol. The summed E-state index contributed by atoms with van der Waals surface area (Å²) in [4.78, 5) is 55.5. The Morgan fingerprint density at radius 1 is 0.500 bits per heavy atom. The highest BCUT2D eigenvalue weighted by atomic mass is 19.4. The third-order valence-corrected chi connectivity index (χ3v) is 9.68. The number of methoxy groups -OCH3 is 3. The van der Waals surface area contributed by atoms with E-state index in [0.717, 1.165) is 84.9 Å². The maximum absolute atomic E-state index is 14.9. The molecule has 4 aromatic rings. The molecule has 1 aliphatic carbocycles. The van der Waals surface area contributed by atoms with Gasteiger partial charge in [-0.05, 0) is 6.07 Å². The van der Waals surface area contributed by atoms with E-state index in [2.05, 4.69) is 4.74 Å². The van der Waals surface area contributed by atoms with Gasteiger partial charge in [0.1, 0.15) is 11.9 Å². The minimum absolute atomic E-state index is 0.443. The van der Waals surface area contributed by atoms with E-state index in [9.17, 15) is 63.8 Å². The van der Waals surface area contributed by atoms with Crippen molar-refractivity contribution in [1.29, 1.82) is 0 Å². The number of Topliss-reactive ketones (excluding diaryl/α,β-unsaturated/α-hetero) is 1. The molecule has 0 unspecified atom stereocenters. The van der Waals surface area contributed by atoms with E-state index in [1.165, 1.54) is 18.2 Å². The molecule has 0 fully saturated rings. The number of fused-ring (bicyclic) bond motifs is 1. The predicted octanol–water partition coefficient (Wildman–Crippen LogP) is 6.96. The second kappa shape index (κ2) is 16.7. The van der Waals surface area contributed by atoms with Crippen molar-refractivity contribution in [3.05, 3.63) is 137 Å². The molecule has 0 aromatic heterocycles. The quantitative estimate of drug-likeness (QED) is 0.0898. The molecule has 1 N–H and O–H groups in total. The number of hydrogen-bond donors (Lipinski definition) is 1. The number of ether oxygens (including phenoxy) is 6. The van der Waals surface area contributed by atoms with E-state index in [4.69, 9.17) is 23.7 Å². The molecule has 0 amide bonds. The summed E-state index contributed by atoms with van der Waals surface area (Å²) in [5.41, 5.74) is -16.6. The van der Waals surface area contributed by atoms with Gasteiger partial charge in [-0.15, -0.1) is 0 Å². The highest BCUT2D eigenvalue weighted by Gasteiger charge is 2.68. The molecule has 11 nitrogen and oxygen atoms in total. The van der Waals surface area contributed by atoms with Crippen molar-refractivity contribution in [3.8, 4) is 5.75 Å². The van der Waals surface area contributed by atoms with Crippen molar-refractivity contribution in [2.24, 2.45) is 0 Å². The molecule has 0 saturated carbocycles. The topological polar surface area (TPSA) is 144 Å². The normalized spacial score (nSPS) is 20.1. The lowest BCUT2D eigenvalue weighted by atomic mass is 9.83. The molecule has 5 rings (SSSR count). The van der Waals surface area contributed by atoms with E-state index in [1.54, 1.807) is 0 Å². The molecule has 0 saturated heterocycles. The fraction of sp³-hybridized carbons (Fsp3) is 0.300. The molecule has 0 aliphatic heterocycles. The minimum atomic E-state index is -5.69. The van der Waals surface area contributed by atoms with Crippen LogP contribution in [-0.4, -0.2) is 80.9 Å². The number of carbonyl (C=O) groups excluding carboxylic acids is 4. The third-order valence-electron chi connectivity index (χ3n) is 9.68. The summed E-state index contributed by atoms with van der Waals surface area (Å²) in [5.74, 6) is -9.99. The largest absolute Gasteiger partial charge is 0.452 e. The summed E-state index contributed by atoms with van der Waals surface area (Å²) in [7, 11) is 1.41. The van der Waals surface area contributed by atoms with Crippen LogP contribution in [0, 0.1) is 0 Å². The number of rotatable bonds is 12. The van der Waals surface area contributed by atoms with Gasteiger partial charge in [0.25, 0.3) is 16.8 Å². The first-order valence-electron chi connectivity index (χ1n) is 17.1. The molecule has 0 radical (unpaired) electrons. The number of carbonyl (C=O) groups is 4. The fourth-order valence-electron chi connectivity index (χ4n) is 6.76. The molecule has 0 heterocycles. The fourth-order valence-corrected chi connectivity index (χ4v) is 6.76. The first kappa shape index (κ1) is 45.3. The van der Waals surface area contributed by atoms with Gasteiger partial charge in [-0.3, -0.25) is 4.79 Å². The number of ketones is 1. The van der Waals surface area contributed by atoms with Gasteiger partial charge in [-0.25, -0.2) is 14.4 Å².